The van der Waals surface area contributed by atoms with Crippen LogP contribution in [0.3, 0.4) is 0 Å². The number of benzene rings is 3. The van der Waals surface area contributed by atoms with Gasteiger partial charge < -0.3 is 4.74 Å². The molecular weight excluding hydrogens is 280 g/mol. The first-order chi connectivity index (χ1) is 11.3. The fraction of sp³-hybridized carbons (Fsp3) is 0.182. The SMILES string of the molecule is COc1ccc(C)cc1CC1c2ccccc2-c2ccccc21. The Hall–Kier alpha value is -2.54. The first-order valence-electron chi connectivity index (χ1n) is 8.09. The maximum absolute atomic E-state index is 5.59. The number of hydrogen-bond donors (Lipinski definition) is 0. The summed E-state index contributed by atoms with van der Waals surface area (Å²) in [6.45, 7) is 2.14. The van der Waals surface area contributed by atoms with Gasteiger partial charge in [0.15, 0.2) is 0 Å². The zero-order valence-electron chi connectivity index (χ0n) is 13.5. The second-order valence-corrected chi connectivity index (χ2v) is 6.25. The standard InChI is InChI=1S/C22H20O/c1-15-11-12-22(23-2)16(13-15)14-21-19-9-5-3-7-17(19)18-8-4-6-10-20(18)21/h3-13,21H,14H2,1-2H3. The molecule has 114 valence electrons. The summed E-state index contributed by atoms with van der Waals surface area (Å²) >= 11 is 0. The molecule has 0 saturated heterocycles. The van der Waals surface area contributed by atoms with Crippen molar-refractivity contribution >= 4 is 0 Å². The minimum atomic E-state index is 0.401. The van der Waals surface area contributed by atoms with Gasteiger partial charge in [0.25, 0.3) is 0 Å². The van der Waals surface area contributed by atoms with Gasteiger partial charge in [-0.2, -0.15) is 0 Å². The summed E-state index contributed by atoms with van der Waals surface area (Å²) < 4.78 is 5.59. The molecule has 0 aromatic heterocycles. The topological polar surface area (TPSA) is 9.23 Å². The Kier molecular flexibility index (Phi) is 3.42. The van der Waals surface area contributed by atoms with E-state index in [-0.39, 0.29) is 0 Å². The van der Waals surface area contributed by atoms with Crippen molar-refractivity contribution in [3.63, 3.8) is 0 Å². The van der Waals surface area contributed by atoms with Crippen LogP contribution in [0.15, 0.2) is 66.7 Å². The predicted molar refractivity (Wildman–Crippen MR) is 95.2 cm³/mol. The Morgan fingerprint density at radius 2 is 1.43 bits per heavy atom. The molecule has 0 spiro atoms. The lowest BCUT2D eigenvalue weighted by molar-refractivity contribution is 0.409. The molecule has 3 aromatic carbocycles. The van der Waals surface area contributed by atoms with Gasteiger partial charge in [0.2, 0.25) is 0 Å². The van der Waals surface area contributed by atoms with Crippen molar-refractivity contribution < 1.29 is 4.74 Å². The van der Waals surface area contributed by atoms with E-state index in [1.54, 1.807) is 7.11 Å². The number of methoxy groups -OCH3 is 1. The van der Waals surface area contributed by atoms with Crippen LogP contribution in [-0.2, 0) is 6.42 Å². The van der Waals surface area contributed by atoms with Crippen molar-refractivity contribution in [1.82, 2.24) is 0 Å². The second kappa shape index (κ2) is 5.58. The largest absolute Gasteiger partial charge is 0.496 e. The third-order valence-electron chi connectivity index (χ3n) is 4.82. The molecule has 0 amide bonds. The molecule has 0 saturated carbocycles. The number of rotatable bonds is 3. The molecular formula is C22H20O. The van der Waals surface area contributed by atoms with Crippen molar-refractivity contribution in [3.05, 3.63) is 89.0 Å². The maximum atomic E-state index is 5.59. The van der Waals surface area contributed by atoms with Crippen LogP contribution in [0.5, 0.6) is 5.75 Å². The summed E-state index contributed by atoms with van der Waals surface area (Å²) in [4.78, 5) is 0. The van der Waals surface area contributed by atoms with E-state index >= 15 is 0 Å². The highest BCUT2D eigenvalue weighted by Gasteiger charge is 2.28. The lowest BCUT2D eigenvalue weighted by Gasteiger charge is -2.16. The lowest BCUT2D eigenvalue weighted by Crippen LogP contribution is -2.03. The van der Waals surface area contributed by atoms with Crippen molar-refractivity contribution in [2.24, 2.45) is 0 Å². The van der Waals surface area contributed by atoms with E-state index in [1.807, 2.05) is 0 Å². The fourth-order valence-electron chi connectivity index (χ4n) is 3.77. The van der Waals surface area contributed by atoms with Gasteiger partial charge in [-0.15, -0.1) is 0 Å². The van der Waals surface area contributed by atoms with Crippen LogP contribution in [0, 0.1) is 6.92 Å². The summed E-state index contributed by atoms with van der Waals surface area (Å²) in [6, 6.07) is 24.0. The predicted octanol–water partition coefficient (Wildman–Crippen LogP) is 5.36. The van der Waals surface area contributed by atoms with E-state index in [9.17, 15) is 0 Å². The highest BCUT2D eigenvalue weighted by atomic mass is 16.5. The molecule has 4 rings (SSSR count). The average Bonchev–Trinajstić information content (AvgIpc) is 2.90. The highest BCUT2D eigenvalue weighted by molar-refractivity contribution is 5.79. The molecule has 0 heterocycles. The Balaban J connectivity index is 1.82. The summed E-state index contributed by atoms with van der Waals surface area (Å²) in [5, 5.41) is 0. The van der Waals surface area contributed by atoms with Crippen LogP contribution in [0.1, 0.15) is 28.2 Å². The summed E-state index contributed by atoms with van der Waals surface area (Å²) in [7, 11) is 1.75. The van der Waals surface area contributed by atoms with Crippen molar-refractivity contribution in [2.75, 3.05) is 7.11 Å². The monoisotopic (exact) mass is 300 g/mol. The van der Waals surface area contributed by atoms with E-state index in [4.69, 9.17) is 4.74 Å². The summed E-state index contributed by atoms with van der Waals surface area (Å²) in [5.74, 6) is 1.38. The van der Waals surface area contributed by atoms with Crippen LogP contribution in [-0.4, -0.2) is 7.11 Å². The zero-order chi connectivity index (χ0) is 15.8. The Morgan fingerprint density at radius 1 is 0.826 bits per heavy atom. The molecule has 1 aliphatic carbocycles. The van der Waals surface area contributed by atoms with Gasteiger partial charge in [-0.1, -0.05) is 66.2 Å². The van der Waals surface area contributed by atoms with Gasteiger partial charge in [0.1, 0.15) is 5.75 Å². The molecule has 0 unspecified atom stereocenters. The van der Waals surface area contributed by atoms with Crippen LogP contribution >= 0.6 is 0 Å². The fourth-order valence-corrected chi connectivity index (χ4v) is 3.77. The van der Waals surface area contributed by atoms with Crippen LogP contribution in [0.2, 0.25) is 0 Å². The number of ether oxygens (including phenoxy) is 1. The average molecular weight is 300 g/mol. The number of fused-ring (bicyclic) bond motifs is 3. The minimum Gasteiger partial charge on any atom is -0.496 e. The van der Waals surface area contributed by atoms with Crippen LogP contribution in [0.25, 0.3) is 11.1 Å². The van der Waals surface area contributed by atoms with Gasteiger partial charge in [0.05, 0.1) is 7.11 Å². The normalized spacial score (nSPS) is 12.8. The molecule has 0 radical (unpaired) electrons. The van der Waals surface area contributed by atoms with Crippen LogP contribution in [0.4, 0.5) is 0 Å². The van der Waals surface area contributed by atoms with Crippen LogP contribution < -0.4 is 4.74 Å². The first-order valence-corrected chi connectivity index (χ1v) is 8.09. The minimum absolute atomic E-state index is 0.401. The lowest BCUT2D eigenvalue weighted by atomic mass is 9.89. The Labute approximate surface area is 137 Å². The van der Waals surface area contributed by atoms with Crippen molar-refractivity contribution in [2.45, 2.75) is 19.3 Å². The zero-order valence-corrected chi connectivity index (χ0v) is 13.5. The Morgan fingerprint density at radius 3 is 2.04 bits per heavy atom. The molecule has 3 aromatic rings. The summed E-state index contributed by atoms with van der Waals surface area (Å²) in [6.07, 6.45) is 0.971. The molecule has 1 heteroatoms. The van der Waals surface area contributed by atoms with Gasteiger partial charge in [0, 0.05) is 5.92 Å². The van der Waals surface area contributed by atoms with E-state index < -0.39 is 0 Å². The van der Waals surface area contributed by atoms with E-state index in [1.165, 1.54) is 33.4 Å². The van der Waals surface area contributed by atoms with E-state index in [0.717, 1.165) is 12.2 Å². The molecule has 0 fully saturated rings. The molecule has 0 N–H and O–H groups in total. The van der Waals surface area contributed by atoms with Gasteiger partial charge >= 0.3 is 0 Å². The molecule has 0 bridgehead atoms. The Bertz CT molecular complexity index is 818. The molecule has 1 nitrogen and oxygen atoms in total. The number of aryl methyl sites for hydroxylation is 1. The van der Waals surface area contributed by atoms with E-state index in [2.05, 4.69) is 73.7 Å². The smallest absolute Gasteiger partial charge is 0.122 e. The molecule has 1 aliphatic rings. The number of hydrogen-bond acceptors (Lipinski definition) is 1. The maximum Gasteiger partial charge on any atom is 0.122 e. The van der Waals surface area contributed by atoms with Gasteiger partial charge in [-0.3, -0.25) is 0 Å². The van der Waals surface area contributed by atoms with Gasteiger partial charge in [-0.25, -0.2) is 0 Å². The molecule has 0 aliphatic heterocycles. The van der Waals surface area contributed by atoms with Crippen molar-refractivity contribution in [3.8, 4) is 16.9 Å². The third kappa shape index (κ3) is 2.33. The van der Waals surface area contributed by atoms with Gasteiger partial charge in [-0.05, 0) is 47.2 Å². The van der Waals surface area contributed by atoms with E-state index in [0.29, 0.717) is 5.92 Å². The quantitative estimate of drug-likeness (QED) is 0.633. The first kappa shape index (κ1) is 14.1. The third-order valence-corrected chi connectivity index (χ3v) is 4.82. The molecule has 23 heavy (non-hydrogen) atoms. The van der Waals surface area contributed by atoms with Crippen molar-refractivity contribution in [1.29, 1.82) is 0 Å². The molecule has 0 atom stereocenters. The second-order valence-electron chi connectivity index (χ2n) is 6.25. The summed E-state index contributed by atoms with van der Waals surface area (Å²) in [5.41, 5.74) is 8.17. The highest BCUT2D eigenvalue weighted by Crippen LogP contribution is 2.46.